The lowest BCUT2D eigenvalue weighted by atomic mass is 10.2. The molecular formula is C13H15FNS2+. The van der Waals surface area contributed by atoms with Gasteiger partial charge >= 0.3 is 0 Å². The Labute approximate surface area is 109 Å². The Morgan fingerprint density at radius 3 is 2.29 bits per heavy atom. The fourth-order valence-corrected chi connectivity index (χ4v) is 4.64. The standard InChI is InChI=1S/C13H15FNS2/c14-11-6-4-10(5-7-11)12-16-13(17-12)15-8-2-1-3-9-15/h4-7,12H,1-3,8-9H2/q+1. The van der Waals surface area contributed by atoms with Gasteiger partial charge in [0.05, 0.1) is 4.58 Å². The van der Waals surface area contributed by atoms with Gasteiger partial charge in [-0.2, -0.15) is 0 Å². The summed E-state index contributed by atoms with van der Waals surface area (Å²) in [5, 5.41) is 0. The van der Waals surface area contributed by atoms with Crippen LogP contribution in [0, 0.1) is 5.82 Å². The van der Waals surface area contributed by atoms with Gasteiger partial charge in [-0.1, -0.05) is 12.1 Å². The van der Waals surface area contributed by atoms with Gasteiger partial charge in [0.2, 0.25) is 0 Å². The van der Waals surface area contributed by atoms with E-state index in [0.29, 0.717) is 4.58 Å². The van der Waals surface area contributed by atoms with Crippen molar-refractivity contribution in [2.45, 2.75) is 23.8 Å². The number of nitrogens with zero attached hydrogens (tertiary/aromatic N) is 1. The SMILES string of the molecule is Fc1ccc(C2SC(=[N+]3CCCCC3)S2)cc1. The van der Waals surface area contributed by atoms with E-state index >= 15 is 0 Å². The van der Waals surface area contributed by atoms with Gasteiger partial charge in [-0.25, -0.2) is 8.97 Å². The number of thioether (sulfide) groups is 2. The molecule has 1 nitrogen and oxygen atoms in total. The van der Waals surface area contributed by atoms with E-state index < -0.39 is 0 Å². The highest BCUT2D eigenvalue weighted by Crippen LogP contribution is 2.53. The first-order valence-corrected chi connectivity index (χ1v) is 7.79. The molecule has 0 spiro atoms. The zero-order valence-corrected chi connectivity index (χ0v) is 11.2. The largest absolute Gasteiger partial charge is 0.272 e. The first-order chi connectivity index (χ1) is 8.33. The van der Waals surface area contributed by atoms with Crippen LogP contribution in [0.15, 0.2) is 24.3 Å². The average molecular weight is 268 g/mol. The fraction of sp³-hybridized carbons (Fsp3) is 0.462. The van der Waals surface area contributed by atoms with Crippen molar-refractivity contribution in [3.63, 3.8) is 0 Å². The van der Waals surface area contributed by atoms with E-state index in [2.05, 4.69) is 4.58 Å². The van der Waals surface area contributed by atoms with Gasteiger partial charge in [-0.15, -0.1) is 0 Å². The number of halogens is 1. The number of benzene rings is 1. The van der Waals surface area contributed by atoms with Crippen LogP contribution < -0.4 is 0 Å². The first kappa shape index (κ1) is 11.6. The van der Waals surface area contributed by atoms with Gasteiger partial charge in [-0.05, 0) is 47.6 Å². The van der Waals surface area contributed by atoms with Crippen LogP contribution in [-0.2, 0) is 0 Å². The van der Waals surface area contributed by atoms with Crippen LogP contribution in [0.1, 0.15) is 29.4 Å². The summed E-state index contributed by atoms with van der Waals surface area (Å²) in [6, 6.07) is 6.89. The summed E-state index contributed by atoms with van der Waals surface area (Å²) in [4.78, 5) is 0. The van der Waals surface area contributed by atoms with E-state index in [1.54, 1.807) is 12.1 Å². The highest BCUT2D eigenvalue weighted by atomic mass is 32.3. The molecule has 0 saturated carbocycles. The second-order valence-corrected chi connectivity index (χ2v) is 7.18. The number of rotatable bonds is 1. The maximum atomic E-state index is 12.8. The molecule has 0 aromatic heterocycles. The van der Waals surface area contributed by atoms with Gasteiger partial charge in [0.25, 0.3) is 4.38 Å². The monoisotopic (exact) mass is 268 g/mol. The molecule has 2 saturated heterocycles. The Bertz CT molecular complexity index is 425. The van der Waals surface area contributed by atoms with E-state index in [1.807, 2.05) is 35.7 Å². The minimum absolute atomic E-state index is 0.150. The topological polar surface area (TPSA) is 3.01 Å². The zero-order valence-electron chi connectivity index (χ0n) is 9.56. The molecule has 0 aliphatic carbocycles. The summed E-state index contributed by atoms with van der Waals surface area (Å²) in [6.45, 7) is 2.43. The molecule has 0 radical (unpaired) electrons. The van der Waals surface area contributed by atoms with Crippen molar-refractivity contribution in [3.8, 4) is 0 Å². The second kappa shape index (κ2) is 5.02. The molecule has 0 bridgehead atoms. The van der Waals surface area contributed by atoms with Gasteiger partial charge in [0.1, 0.15) is 18.9 Å². The molecular weight excluding hydrogens is 253 g/mol. The lowest BCUT2D eigenvalue weighted by Crippen LogP contribution is -2.27. The normalized spacial score (nSPS) is 24.6. The summed E-state index contributed by atoms with van der Waals surface area (Å²) in [6.07, 6.45) is 4.03. The summed E-state index contributed by atoms with van der Waals surface area (Å²) in [7, 11) is 0. The smallest absolute Gasteiger partial charge is 0.219 e. The molecule has 17 heavy (non-hydrogen) atoms. The number of hydrogen-bond acceptors (Lipinski definition) is 2. The third-order valence-electron chi connectivity index (χ3n) is 3.17. The number of piperidine rings is 1. The Hall–Kier alpha value is -0.480. The summed E-state index contributed by atoms with van der Waals surface area (Å²) in [5.41, 5.74) is 1.22. The second-order valence-electron chi connectivity index (χ2n) is 4.43. The molecule has 90 valence electrons. The van der Waals surface area contributed by atoms with Gasteiger partial charge < -0.3 is 0 Å². The molecule has 2 aliphatic heterocycles. The average Bonchev–Trinajstić information content (AvgIpc) is 2.31. The number of hydrogen-bond donors (Lipinski definition) is 0. The van der Waals surface area contributed by atoms with Crippen LogP contribution >= 0.6 is 23.5 Å². The first-order valence-electron chi connectivity index (χ1n) is 6.03. The zero-order chi connectivity index (χ0) is 11.7. The molecule has 0 unspecified atom stereocenters. The van der Waals surface area contributed by atoms with Crippen LogP contribution in [0.4, 0.5) is 4.39 Å². The van der Waals surface area contributed by atoms with Gasteiger partial charge in [-0.3, -0.25) is 0 Å². The Balaban J connectivity index is 1.66. The van der Waals surface area contributed by atoms with Gasteiger partial charge in [0, 0.05) is 12.8 Å². The van der Waals surface area contributed by atoms with Crippen molar-refractivity contribution in [3.05, 3.63) is 35.6 Å². The van der Waals surface area contributed by atoms with Crippen molar-refractivity contribution < 1.29 is 8.97 Å². The maximum Gasteiger partial charge on any atom is 0.272 e. The Morgan fingerprint density at radius 1 is 1.00 bits per heavy atom. The summed E-state index contributed by atoms with van der Waals surface area (Å²) < 4.78 is 17.2. The quantitative estimate of drug-likeness (QED) is 0.711. The van der Waals surface area contributed by atoms with Crippen LogP contribution in [0.5, 0.6) is 0 Å². The van der Waals surface area contributed by atoms with Crippen LogP contribution in [0.2, 0.25) is 0 Å². The van der Waals surface area contributed by atoms with Crippen molar-refractivity contribution in [2.24, 2.45) is 0 Å². The van der Waals surface area contributed by atoms with Crippen molar-refractivity contribution >= 4 is 27.9 Å². The van der Waals surface area contributed by atoms with Crippen molar-refractivity contribution in [1.29, 1.82) is 0 Å². The predicted molar refractivity (Wildman–Crippen MR) is 73.2 cm³/mol. The molecule has 3 rings (SSSR count). The van der Waals surface area contributed by atoms with Crippen LogP contribution in [-0.4, -0.2) is 22.0 Å². The molecule has 4 heteroatoms. The Kier molecular flexibility index (Phi) is 3.43. The molecule has 2 aliphatic rings. The highest BCUT2D eigenvalue weighted by Gasteiger charge is 2.36. The van der Waals surface area contributed by atoms with Crippen LogP contribution in [0.3, 0.4) is 0 Å². The van der Waals surface area contributed by atoms with E-state index in [0.717, 1.165) is 0 Å². The van der Waals surface area contributed by atoms with E-state index in [9.17, 15) is 4.39 Å². The van der Waals surface area contributed by atoms with E-state index in [1.165, 1.54) is 42.3 Å². The van der Waals surface area contributed by atoms with Crippen molar-refractivity contribution in [1.82, 2.24) is 0 Å². The Morgan fingerprint density at radius 2 is 1.65 bits per heavy atom. The highest BCUT2D eigenvalue weighted by molar-refractivity contribution is 8.52. The van der Waals surface area contributed by atoms with Crippen LogP contribution in [0.25, 0.3) is 0 Å². The molecule has 1 aromatic carbocycles. The minimum Gasteiger partial charge on any atom is -0.219 e. The van der Waals surface area contributed by atoms with E-state index in [4.69, 9.17) is 0 Å². The third kappa shape index (κ3) is 2.52. The maximum absolute atomic E-state index is 12.8. The molecule has 0 atom stereocenters. The lowest BCUT2D eigenvalue weighted by Gasteiger charge is -2.26. The molecule has 2 heterocycles. The molecule has 0 N–H and O–H groups in total. The predicted octanol–water partition coefficient (Wildman–Crippen LogP) is 3.86. The fourth-order valence-electron chi connectivity index (χ4n) is 2.17. The van der Waals surface area contributed by atoms with Crippen molar-refractivity contribution in [2.75, 3.05) is 13.1 Å². The molecule has 2 fully saturated rings. The minimum atomic E-state index is -0.150. The summed E-state index contributed by atoms with van der Waals surface area (Å²) in [5.74, 6) is -0.150. The van der Waals surface area contributed by atoms with Gasteiger partial charge in [0.15, 0.2) is 0 Å². The lowest BCUT2D eigenvalue weighted by molar-refractivity contribution is -0.532. The summed E-state index contributed by atoms with van der Waals surface area (Å²) >= 11 is 3.84. The van der Waals surface area contributed by atoms with E-state index in [-0.39, 0.29) is 5.82 Å². The molecule has 0 amide bonds. The third-order valence-corrected chi connectivity index (χ3v) is 6.22. The molecule has 1 aromatic rings.